The highest BCUT2D eigenvalue weighted by molar-refractivity contribution is 6.31. The molecule has 0 aliphatic carbocycles. The number of halogens is 1. The van der Waals surface area contributed by atoms with Crippen LogP contribution in [0.1, 0.15) is 51.6 Å². The minimum Gasteiger partial charge on any atom is -0.375 e. The van der Waals surface area contributed by atoms with Gasteiger partial charge in [-0.25, -0.2) is 0 Å². The molecule has 19 heavy (non-hydrogen) atoms. The highest BCUT2D eigenvalue weighted by atomic mass is 35.5. The molecule has 1 aromatic rings. The van der Waals surface area contributed by atoms with Gasteiger partial charge < -0.3 is 10.1 Å². The Kier molecular flexibility index (Phi) is 4.88. The van der Waals surface area contributed by atoms with E-state index in [1.807, 2.05) is 18.2 Å². The van der Waals surface area contributed by atoms with Crippen molar-refractivity contribution >= 4 is 11.6 Å². The molecule has 0 amide bonds. The van der Waals surface area contributed by atoms with Crippen LogP contribution in [0.25, 0.3) is 0 Å². The normalized spacial score (nSPS) is 29.2. The van der Waals surface area contributed by atoms with Gasteiger partial charge in [0.15, 0.2) is 0 Å². The molecule has 1 aliphatic rings. The van der Waals surface area contributed by atoms with E-state index in [9.17, 15) is 0 Å². The second-order valence-corrected chi connectivity index (χ2v) is 6.16. The van der Waals surface area contributed by atoms with Crippen molar-refractivity contribution in [3.63, 3.8) is 0 Å². The fraction of sp³-hybridized carbons (Fsp3) is 0.625. The van der Waals surface area contributed by atoms with Gasteiger partial charge in [0.1, 0.15) is 0 Å². The Morgan fingerprint density at radius 1 is 1.47 bits per heavy atom. The van der Waals surface area contributed by atoms with Crippen LogP contribution in [-0.4, -0.2) is 18.2 Å². The molecule has 1 aliphatic heterocycles. The molecule has 0 radical (unpaired) electrons. The van der Waals surface area contributed by atoms with Crippen molar-refractivity contribution in [1.29, 1.82) is 0 Å². The Bertz CT molecular complexity index is 423. The molecule has 1 fully saturated rings. The Morgan fingerprint density at radius 3 is 2.89 bits per heavy atom. The van der Waals surface area contributed by atoms with Crippen LogP contribution < -0.4 is 5.32 Å². The van der Waals surface area contributed by atoms with Gasteiger partial charge in [-0.1, -0.05) is 36.7 Å². The maximum absolute atomic E-state index is 6.26. The van der Waals surface area contributed by atoms with Crippen LogP contribution in [0.15, 0.2) is 24.3 Å². The molecule has 3 atom stereocenters. The maximum atomic E-state index is 6.26. The molecular formula is C16H24ClNO. The Balaban J connectivity index is 1.99. The summed E-state index contributed by atoms with van der Waals surface area (Å²) in [6.45, 7) is 7.43. The number of nitrogens with one attached hydrogen (secondary N) is 1. The number of rotatable bonds is 4. The lowest BCUT2D eigenvalue weighted by Crippen LogP contribution is -2.45. The average molecular weight is 282 g/mol. The van der Waals surface area contributed by atoms with E-state index in [0.29, 0.717) is 6.04 Å². The first-order chi connectivity index (χ1) is 9.04. The number of benzene rings is 1. The Hall–Kier alpha value is -0.570. The minimum absolute atomic E-state index is 0.0239. The van der Waals surface area contributed by atoms with Gasteiger partial charge in [-0.05, 0) is 44.7 Å². The summed E-state index contributed by atoms with van der Waals surface area (Å²) >= 11 is 6.26. The van der Waals surface area contributed by atoms with Gasteiger partial charge in [0.2, 0.25) is 0 Å². The molecular weight excluding hydrogens is 258 g/mol. The number of ether oxygens (including phenoxy) is 1. The van der Waals surface area contributed by atoms with Crippen LogP contribution in [-0.2, 0) is 4.74 Å². The highest BCUT2D eigenvalue weighted by Crippen LogP contribution is 2.30. The molecule has 0 spiro atoms. The second kappa shape index (κ2) is 6.25. The molecule has 3 heteroatoms. The van der Waals surface area contributed by atoms with E-state index >= 15 is 0 Å². The fourth-order valence-corrected chi connectivity index (χ4v) is 3.09. The standard InChI is InChI=1S/C16H24ClNO/c1-4-16(3)11-13(9-10-19-16)18-12(2)14-7-5-6-8-15(14)17/h5-8,12-13,18H,4,9-11H2,1-3H3. The van der Waals surface area contributed by atoms with Crippen molar-refractivity contribution in [1.82, 2.24) is 5.32 Å². The third-order valence-electron chi connectivity index (χ3n) is 4.20. The van der Waals surface area contributed by atoms with E-state index in [-0.39, 0.29) is 11.6 Å². The predicted molar refractivity (Wildman–Crippen MR) is 80.7 cm³/mol. The summed E-state index contributed by atoms with van der Waals surface area (Å²) in [4.78, 5) is 0. The van der Waals surface area contributed by atoms with Gasteiger partial charge in [-0.15, -0.1) is 0 Å². The molecule has 0 saturated carbocycles. The van der Waals surface area contributed by atoms with E-state index in [1.54, 1.807) is 0 Å². The third kappa shape index (κ3) is 3.71. The third-order valence-corrected chi connectivity index (χ3v) is 4.54. The molecule has 1 N–H and O–H groups in total. The highest BCUT2D eigenvalue weighted by Gasteiger charge is 2.32. The zero-order chi connectivity index (χ0) is 13.9. The van der Waals surface area contributed by atoms with Crippen molar-refractivity contribution in [2.45, 2.75) is 57.7 Å². The lowest BCUT2D eigenvalue weighted by molar-refractivity contribution is -0.0789. The summed E-state index contributed by atoms with van der Waals surface area (Å²) in [6, 6.07) is 8.84. The zero-order valence-corrected chi connectivity index (χ0v) is 12.8. The summed E-state index contributed by atoms with van der Waals surface area (Å²) in [5.41, 5.74) is 1.20. The topological polar surface area (TPSA) is 21.3 Å². The van der Waals surface area contributed by atoms with E-state index in [0.717, 1.165) is 30.9 Å². The fourth-order valence-electron chi connectivity index (χ4n) is 2.79. The monoisotopic (exact) mass is 281 g/mol. The summed E-state index contributed by atoms with van der Waals surface area (Å²) in [6.07, 6.45) is 3.20. The lowest BCUT2D eigenvalue weighted by atomic mass is 9.89. The summed E-state index contributed by atoms with van der Waals surface area (Å²) in [5.74, 6) is 0. The lowest BCUT2D eigenvalue weighted by Gasteiger charge is -2.39. The van der Waals surface area contributed by atoms with Crippen LogP contribution in [0, 0.1) is 0 Å². The summed E-state index contributed by atoms with van der Waals surface area (Å²) < 4.78 is 5.89. The van der Waals surface area contributed by atoms with Crippen LogP contribution in [0.5, 0.6) is 0 Å². The summed E-state index contributed by atoms with van der Waals surface area (Å²) in [5, 5.41) is 4.54. The van der Waals surface area contributed by atoms with Gasteiger partial charge in [-0.3, -0.25) is 0 Å². The van der Waals surface area contributed by atoms with E-state index < -0.39 is 0 Å². The largest absolute Gasteiger partial charge is 0.375 e. The van der Waals surface area contributed by atoms with Crippen molar-refractivity contribution in [2.75, 3.05) is 6.61 Å². The van der Waals surface area contributed by atoms with Gasteiger partial charge in [0, 0.05) is 23.7 Å². The first kappa shape index (κ1) is 14.8. The predicted octanol–water partition coefficient (Wildman–Crippen LogP) is 4.34. The van der Waals surface area contributed by atoms with Crippen LogP contribution in [0.3, 0.4) is 0 Å². The SMILES string of the molecule is CCC1(C)CC(NC(C)c2ccccc2Cl)CCO1. The quantitative estimate of drug-likeness (QED) is 0.886. The van der Waals surface area contributed by atoms with Gasteiger partial charge in [0.05, 0.1) is 5.60 Å². The molecule has 2 nitrogen and oxygen atoms in total. The molecule has 3 unspecified atom stereocenters. The van der Waals surface area contributed by atoms with Crippen molar-refractivity contribution < 1.29 is 4.74 Å². The average Bonchev–Trinajstić information content (AvgIpc) is 2.39. The van der Waals surface area contributed by atoms with Gasteiger partial charge >= 0.3 is 0 Å². The van der Waals surface area contributed by atoms with E-state index in [4.69, 9.17) is 16.3 Å². The van der Waals surface area contributed by atoms with Crippen LogP contribution >= 0.6 is 11.6 Å². The Morgan fingerprint density at radius 2 is 2.21 bits per heavy atom. The van der Waals surface area contributed by atoms with Crippen molar-refractivity contribution in [2.24, 2.45) is 0 Å². The molecule has 1 heterocycles. The smallest absolute Gasteiger partial charge is 0.0666 e. The van der Waals surface area contributed by atoms with E-state index in [1.165, 1.54) is 5.56 Å². The van der Waals surface area contributed by atoms with Crippen LogP contribution in [0.4, 0.5) is 0 Å². The van der Waals surface area contributed by atoms with Gasteiger partial charge in [-0.2, -0.15) is 0 Å². The second-order valence-electron chi connectivity index (χ2n) is 5.75. The number of hydrogen-bond acceptors (Lipinski definition) is 2. The molecule has 1 saturated heterocycles. The van der Waals surface area contributed by atoms with Crippen molar-refractivity contribution in [3.05, 3.63) is 34.9 Å². The maximum Gasteiger partial charge on any atom is 0.0666 e. The molecule has 2 rings (SSSR count). The van der Waals surface area contributed by atoms with Gasteiger partial charge in [0.25, 0.3) is 0 Å². The minimum atomic E-state index is 0.0239. The molecule has 0 aromatic heterocycles. The molecule has 106 valence electrons. The molecule has 0 bridgehead atoms. The van der Waals surface area contributed by atoms with E-state index in [2.05, 4.69) is 32.2 Å². The summed E-state index contributed by atoms with van der Waals surface area (Å²) in [7, 11) is 0. The zero-order valence-electron chi connectivity index (χ0n) is 12.1. The van der Waals surface area contributed by atoms with Crippen molar-refractivity contribution in [3.8, 4) is 0 Å². The van der Waals surface area contributed by atoms with Crippen LogP contribution in [0.2, 0.25) is 5.02 Å². The number of hydrogen-bond donors (Lipinski definition) is 1. The molecule has 1 aromatic carbocycles. The Labute approximate surface area is 121 Å². The first-order valence-electron chi connectivity index (χ1n) is 7.18. The first-order valence-corrected chi connectivity index (χ1v) is 7.56.